The average molecular weight is 813 g/mol. The molecule has 3 fully saturated rings. The van der Waals surface area contributed by atoms with E-state index >= 15 is 0 Å². The molecule has 0 aromatic rings. The van der Waals surface area contributed by atoms with Crippen LogP contribution in [0.1, 0.15) is 202 Å². The fourth-order valence-electron chi connectivity index (χ4n) is 12.4. The molecule has 0 saturated heterocycles. The van der Waals surface area contributed by atoms with E-state index in [-0.39, 0.29) is 42.9 Å². The molecular formula is C51H90NO6+. The van der Waals surface area contributed by atoms with Crippen LogP contribution < -0.4 is 0 Å². The molecule has 58 heavy (non-hydrogen) atoms. The zero-order valence-corrected chi connectivity index (χ0v) is 39.2. The van der Waals surface area contributed by atoms with E-state index < -0.39 is 12.1 Å². The molecule has 3 saturated carbocycles. The maximum Gasteiger partial charge on any atom is 0.306 e. The Morgan fingerprint density at radius 1 is 0.741 bits per heavy atom. The largest absolute Gasteiger partial charge is 0.462 e. The molecule has 7 heteroatoms. The van der Waals surface area contributed by atoms with Crippen molar-refractivity contribution in [3.05, 3.63) is 11.6 Å². The number of quaternary nitrogens is 1. The molecule has 0 heterocycles. The number of hydrogen-bond donors (Lipinski definition) is 0. The van der Waals surface area contributed by atoms with Gasteiger partial charge in [-0.1, -0.05) is 137 Å². The van der Waals surface area contributed by atoms with E-state index in [1.165, 1.54) is 108 Å². The smallest absolute Gasteiger partial charge is 0.306 e. The zero-order valence-electron chi connectivity index (χ0n) is 39.2. The SMILES string of the molecule is CCCCCCCCCCCCCC(=O)OC(COC(=O)CCC(=O)O[C@H]1CC[C@@]2(C)C(=CC[C@H]3[C@@H]4CC[C@H]([C@H](C)CCCC(C)C)[C@@]4(C)CC[C@@H]32)C1)C[N+](C)(C)C. The lowest BCUT2D eigenvalue weighted by molar-refractivity contribution is -0.873. The number of unbranched alkanes of at least 4 members (excludes halogenated alkanes) is 10. The molecule has 0 radical (unpaired) electrons. The van der Waals surface area contributed by atoms with Gasteiger partial charge >= 0.3 is 17.9 Å². The second-order valence-corrected chi connectivity index (χ2v) is 21.7. The van der Waals surface area contributed by atoms with Crippen LogP contribution in [-0.4, -0.2) is 68.9 Å². The summed E-state index contributed by atoms with van der Waals surface area (Å²) in [6, 6.07) is 0. The van der Waals surface area contributed by atoms with Crippen molar-refractivity contribution in [2.75, 3.05) is 34.3 Å². The van der Waals surface area contributed by atoms with Crippen LogP contribution in [0.15, 0.2) is 11.6 Å². The Morgan fingerprint density at radius 3 is 2.05 bits per heavy atom. The van der Waals surface area contributed by atoms with Crippen molar-refractivity contribution in [1.29, 1.82) is 0 Å². The van der Waals surface area contributed by atoms with Gasteiger partial charge in [-0.15, -0.1) is 0 Å². The summed E-state index contributed by atoms with van der Waals surface area (Å²) in [5.74, 6) is 3.84. The quantitative estimate of drug-likeness (QED) is 0.0285. The summed E-state index contributed by atoms with van der Waals surface area (Å²) in [7, 11) is 6.10. The van der Waals surface area contributed by atoms with Gasteiger partial charge < -0.3 is 18.7 Å². The predicted octanol–water partition coefficient (Wildman–Crippen LogP) is 12.6. The van der Waals surface area contributed by atoms with E-state index in [2.05, 4.69) is 47.6 Å². The molecule has 4 rings (SSSR count). The lowest BCUT2D eigenvalue weighted by Gasteiger charge is -2.58. The van der Waals surface area contributed by atoms with Crippen LogP contribution >= 0.6 is 0 Å². The summed E-state index contributed by atoms with van der Waals surface area (Å²) in [5.41, 5.74) is 2.20. The molecule has 0 aromatic carbocycles. The van der Waals surface area contributed by atoms with Gasteiger partial charge in [0.15, 0.2) is 6.10 Å². The van der Waals surface area contributed by atoms with Crippen LogP contribution in [0.5, 0.6) is 0 Å². The van der Waals surface area contributed by atoms with E-state index in [1.54, 1.807) is 0 Å². The Morgan fingerprint density at radius 2 is 1.40 bits per heavy atom. The van der Waals surface area contributed by atoms with Gasteiger partial charge in [-0.2, -0.15) is 0 Å². The van der Waals surface area contributed by atoms with Gasteiger partial charge in [0.1, 0.15) is 19.3 Å². The van der Waals surface area contributed by atoms with Gasteiger partial charge in [0.2, 0.25) is 0 Å². The highest BCUT2D eigenvalue weighted by Crippen LogP contribution is 2.67. The first kappa shape index (κ1) is 48.8. The lowest BCUT2D eigenvalue weighted by atomic mass is 9.47. The van der Waals surface area contributed by atoms with Gasteiger partial charge in [0, 0.05) is 12.8 Å². The number of carbonyl (C=O) groups excluding carboxylic acids is 3. The third-order valence-corrected chi connectivity index (χ3v) is 15.6. The van der Waals surface area contributed by atoms with E-state index in [0.717, 1.165) is 74.0 Å². The monoisotopic (exact) mass is 813 g/mol. The van der Waals surface area contributed by atoms with Crippen molar-refractivity contribution in [3.8, 4) is 0 Å². The zero-order chi connectivity index (χ0) is 42.3. The van der Waals surface area contributed by atoms with Crippen molar-refractivity contribution in [1.82, 2.24) is 0 Å². The number of ether oxygens (including phenoxy) is 3. The minimum absolute atomic E-state index is 0.00289. The number of likely N-dealkylation sites (N-methyl/N-ethyl adjacent to an activating group) is 1. The summed E-state index contributed by atoms with van der Waals surface area (Å²) in [6.45, 7) is 15.2. The molecule has 0 bridgehead atoms. The molecule has 1 unspecified atom stereocenters. The lowest BCUT2D eigenvalue weighted by Crippen LogP contribution is -2.51. The van der Waals surface area contributed by atoms with Crippen LogP contribution in [-0.2, 0) is 28.6 Å². The van der Waals surface area contributed by atoms with E-state index in [9.17, 15) is 14.4 Å². The molecule has 0 aromatic heterocycles. The molecule has 0 amide bonds. The topological polar surface area (TPSA) is 78.9 Å². The Hall–Kier alpha value is -1.89. The van der Waals surface area contributed by atoms with Gasteiger partial charge in [-0.3, -0.25) is 14.4 Å². The van der Waals surface area contributed by atoms with Gasteiger partial charge in [-0.05, 0) is 97.7 Å². The first-order valence-electron chi connectivity index (χ1n) is 24.6. The molecular weight excluding hydrogens is 723 g/mol. The molecule has 0 aliphatic heterocycles. The van der Waals surface area contributed by atoms with E-state index in [4.69, 9.17) is 14.2 Å². The van der Waals surface area contributed by atoms with Gasteiger partial charge in [0.25, 0.3) is 0 Å². The van der Waals surface area contributed by atoms with Crippen LogP contribution in [0.3, 0.4) is 0 Å². The third-order valence-electron chi connectivity index (χ3n) is 15.6. The van der Waals surface area contributed by atoms with Gasteiger partial charge in [0.05, 0.1) is 34.0 Å². The Kier molecular flexibility index (Phi) is 19.6. The number of carbonyl (C=O) groups is 3. The first-order chi connectivity index (χ1) is 27.6. The third kappa shape index (κ3) is 14.6. The standard InChI is InChI=1S/C51H90NO6/c1-10-11-12-13-14-15-16-17-18-19-20-24-48(54)58-42(36-52(7,8)9)37-56-47(53)29-30-49(55)57-41-31-33-50(5)40(35-41)25-26-43-45-28-27-44(39(4)23-21-22-38(2)3)51(45,6)34-32-46(43)50/h25,38-39,41-46H,10-24,26-37H2,1-9H3/q+1/t39-,41+,42?,43+,44-,45+,46+,50+,51-/m1/s1. The van der Waals surface area contributed by atoms with Crippen LogP contribution in [0.2, 0.25) is 0 Å². The summed E-state index contributed by atoms with van der Waals surface area (Å²) >= 11 is 0. The molecule has 334 valence electrons. The highest BCUT2D eigenvalue weighted by Gasteiger charge is 2.59. The van der Waals surface area contributed by atoms with Gasteiger partial charge in [-0.25, -0.2) is 0 Å². The fourth-order valence-corrected chi connectivity index (χ4v) is 12.4. The predicted molar refractivity (Wildman–Crippen MR) is 237 cm³/mol. The molecule has 7 nitrogen and oxygen atoms in total. The first-order valence-corrected chi connectivity index (χ1v) is 24.6. The summed E-state index contributed by atoms with van der Waals surface area (Å²) in [4.78, 5) is 38.5. The fraction of sp³-hybridized carbons (Fsp3) is 0.902. The Bertz CT molecular complexity index is 1300. The number of hydrogen-bond acceptors (Lipinski definition) is 6. The maximum atomic E-state index is 13.0. The molecule has 0 N–H and O–H groups in total. The highest BCUT2D eigenvalue weighted by molar-refractivity contribution is 5.77. The number of fused-ring (bicyclic) bond motifs is 5. The van der Waals surface area contributed by atoms with E-state index in [1.807, 2.05) is 21.1 Å². The summed E-state index contributed by atoms with van der Waals surface area (Å²) < 4.78 is 18.0. The number of rotatable bonds is 26. The second-order valence-electron chi connectivity index (χ2n) is 21.7. The van der Waals surface area contributed by atoms with Crippen molar-refractivity contribution in [3.63, 3.8) is 0 Å². The van der Waals surface area contributed by atoms with Crippen LogP contribution in [0.25, 0.3) is 0 Å². The number of esters is 3. The maximum absolute atomic E-state index is 13.0. The normalized spacial score (nSPS) is 29.1. The molecule has 4 aliphatic rings. The summed E-state index contributed by atoms with van der Waals surface area (Å²) in [6.07, 6.45) is 29.4. The minimum Gasteiger partial charge on any atom is -0.462 e. The number of allylic oxidation sites excluding steroid dienone is 1. The average Bonchev–Trinajstić information content (AvgIpc) is 3.52. The summed E-state index contributed by atoms with van der Waals surface area (Å²) in [5, 5.41) is 0. The van der Waals surface area contributed by atoms with Crippen LogP contribution in [0.4, 0.5) is 0 Å². The Labute approximate surface area is 356 Å². The minimum atomic E-state index is -0.521. The Balaban J connectivity index is 1.15. The van der Waals surface area contributed by atoms with Crippen LogP contribution in [0, 0.1) is 46.3 Å². The van der Waals surface area contributed by atoms with E-state index in [0.29, 0.717) is 22.9 Å². The second kappa shape index (κ2) is 23.4. The van der Waals surface area contributed by atoms with Crippen molar-refractivity contribution >= 4 is 17.9 Å². The van der Waals surface area contributed by atoms with Crippen molar-refractivity contribution in [2.45, 2.75) is 214 Å². The highest BCUT2D eigenvalue weighted by atomic mass is 16.6. The van der Waals surface area contributed by atoms with Crippen molar-refractivity contribution < 1.29 is 33.1 Å². The molecule has 9 atom stereocenters. The van der Waals surface area contributed by atoms with Crippen molar-refractivity contribution in [2.24, 2.45) is 46.3 Å². The number of nitrogens with zero attached hydrogens (tertiary/aromatic N) is 1. The molecule has 0 spiro atoms. The molecule has 4 aliphatic carbocycles.